The van der Waals surface area contributed by atoms with Gasteiger partial charge in [0.25, 0.3) is 0 Å². The fraction of sp³-hybridized carbons (Fsp3) is 0.333. The summed E-state index contributed by atoms with van der Waals surface area (Å²) in [5.74, 6) is 0.808. The molecule has 3 rings (SSSR count). The summed E-state index contributed by atoms with van der Waals surface area (Å²) >= 11 is 0. The van der Waals surface area contributed by atoms with Gasteiger partial charge in [-0.3, -0.25) is 0 Å². The Labute approximate surface area is 106 Å². The van der Waals surface area contributed by atoms with Crippen LogP contribution in [0.3, 0.4) is 0 Å². The lowest BCUT2D eigenvalue weighted by atomic mass is 10.1. The van der Waals surface area contributed by atoms with Crippen molar-refractivity contribution in [2.75, 3.05) is 13.2 Å². The standard InChI is InChI=1S/C15H16O3/c16-13-8-9-17-10-15(13)18-14-7-3-5-11-4-1-2-6-12(11)14/h1-7,13,15-16H,8-10H2. The SMILES string of the molecule is OC1CCOCC1Oc1cccc2ccccc12. The van der Waals surface area contributed by atoms with Gasteiger partial charge in [-0.25, -0.2) is 0 Å². The number of rotatable bonds is 2. The summed E-state index contributed by atoms with van der Waals surface area (Å²) < 4.78 is 11.3. The molecule has 0 aromatic heterocycles. The molecule has 1 heterocycles. The van der Waals surface area contributed by atoms with E-state index in [4.69, 9.17) is 9.47 Å². The van der Waals surface area contributed by atoms with E-state index in [0.29, 0.717) is 19.6 Å². The minimum atomic E-state index is -0.447. The molecular weight excluding hydrogens is 228 g/mol. The molecule has 2 aromatic carbocycles. The molecular formula is C15H16O3. The maximum absolute atomic E-state index is 9.90. The first kappa shape index (κ1) is 11.5. The lowest BCUT2D eigenvalue weighted by molar-refractivity contribution is -0.0730. The van der Waals surface area contributed by atoms with E-state index in [1.54, 1.807) is 0 Å². The summed E-state index contributed by atoms with van der Waals surface area (Å²) in [6.07, 6.45) is -0.0858. The second kappa shape index (κ2) is 4.96. The summed E-state index contributed by atoms with van der Waals surface area (Å²) in [4.78, 5) is 0. The smallest absolute Gasteiger partial charge is 0.148 e. The van der Waals surface area contributed by atoms with Crippen LogP contribution in [-0.4, -0.2) is 30.5 Å². The van der Waals surface area contributed by atoms with Crippen LogP contribution in [0, 0.1) is 0 Å². The van der Waals surface area contributed by atoms with Gasteiger partial charge in [-0.1, -0.05) is 36.4 Å². The number of hydrogen-bond acceptors (Lipinski definition) is 3. The average molecular weight is 244 g/mol. The Kier molecular flexibility index (Phi) is 3.17. The number of ether oxygens (including phenoxy) is 2. The van der Waals surface area contributed by atoms with E-state index < -0.39 is 6.10 Å². The van der Waals surface area contributed by atoms with E-state index in [0.717, 1.165) is 16.5 Å². The Morgan fingerprint density at radius 2 is 1.94 bits per heavy atom. The molecule has 2 atom stereocenters. The van der Waals surface area contributed by atoms with Crippen molar-refractivity contribution in [3.8, 4) is 5.75 Å². The van der Waals surface area contributed by atoms with Gasteiger partial charge in [-0.15, -0.1) is 0 Å². The van der Waals surface area contributed by atoms with E-state index in [1.807, 2.05) is 30.3 Å². The first-order valence-corrected chi connectivity index (χ1v) is 6.25. The summed E-state index contributed by atoms with van der Waals surface area (Å²) in [7, 11) is 0. The Balaban J connectivity index is 1.90. The molecule has 0 bridgehead atoms. The van der Waals surface area contributed by atoms with Crippen LogP contribution >= 0.6 is 0 Å². The highest BCUT2D eigenvalue weighted by molar-refractivity contribution is 5.88. The lowest BCUT2D eigenvalue weighted by Gasteiger charge is -2.28. The zero-order valence-electron chi connectivity index (χ0n) is 10.1. The summed E-state index contributed by atoms with van der Waals surface area (Å²) in [5.41, 5.74) is 0. The van der Waals surface area contributed by atoms with Crippen molar-refractivity contribution in [3.63, 3.8) is 0 Å². The molecule has 94 valence electrons. The molecule has 18 heavy (non-hydrogen) atoms. The molecule has 2 unspecified atom stereocenters. The summed E-state index contributed by atoms with van der Waals surface area (Å²) in [6, 6.07) is 14.0. The van der Waals surface area contributed by atoms with Crippen molar-refractivity contribution in [1.29, 1.82) is 0 Å². The molecule has 0 radical (unpaired) electrons. The van der Waals surface area contributed by atoms with Gasteiger partial charge in [0.2, 0.25) is 0 Å². The highest BCUT2D eigenvalue weighted by Crippen LogP contribution is 2.27. The Morgan fingerprint density at radius 3 is 2.83 bits per heavy atom. The Bertz CT molecular complexity index is 533. The van der Waals surface area contributed by atoms with Crippen LogP contribution in [0.5, 0.6) is 5.75 Å². The normalized spacial score (nSPS) is 24.1. The molecule has 0 saturated carbocycles. The first-order chi connectivity index (χ1) is 8.84. The highest BCUT2D eigenvalue weighted by Gasteiger charge is 2.25. The molecule has 1 aliphatic heterocycles. The van der Waals surface area contributed by atoms with Crippen molar-refractivity contribution in [2.45, 2.75) is 18.6 Å². The van der Waals surface area contributed by atoms with Crippen LogP contribution in [0.2, 0.25) is 0 Å². The zero-order valence-corrected chi connectivity index (χ0v) is 10.1. The zero-order chi connectivity index (χ0) is 12.4. The summed E-state index contributed by atoms with van der Waals surface area (Å²) in [5, 5.41) is 12.1. The predicted molar refractivity (Wildman–Crippen MR) is 69.8 cm³/mol. The molecule has 2 aromatic rings. The second-order valence-corrected chi connectivity index (χ2v) is 4.56. The molecule has 3 heteroatoms. The molecule has 0 aliphatic carbocycles. The van der Waals surface area contributed by atoms with E-state index in [9.17, 15) is 5.11 Å². The molecule has 1 saturated heterocycles. The second-order valence-electron chi connectivity index (χ2n) is 4.56. The summed E-state index contributed by atoms with van der Waals surface area (Å²) in [6.45, 7) is 1.06. The third-order valence-electron chi connectivity index (χ3n) is 3.30. The predicted octanol–water partition coefficient (Wildman–Crippen LogP) is 2.37. The van der Waals surface area contributed by atoms with Crippen LogP contribution in [0.15, 0.2) is 42.5 Å². The number of benzene rings is 2. The van der Waals surface area contributed by atoms with E-state index in [-0.39, 0.29) is 6.10 Å². The third-order valence-corrected chi connectivity index (χ3v) is 3.30. The third kappa shape index (κ3) is 2.19. The molecule has 1 fully saturated rings. The molecule has 0 spiro atoms. The maximum Gasteiger partial charge on any atom is 0.148 e. The van der Waals surface area contributed by atoms with Gasteiger partial charge in [0, 0.05) is 18.4 Å². The number of fused-ring (bicyclic) bond motifs is 1. The molecule has 1 N–H and O–H groups in total. The Morgan fingerprint density at radius 1 is 1.11 bits per heavy atom. The van der Waals surface area contributed by atoms with Crippen molar-refractivity contribution in [1.82, 2.24) is 0 Å². The van der Waals surface area contributed by atoms with E-state index in [1.165, 1.54) is 0 Å². The quantitative estimate of drug-likeness (QED) is 0.881. The van der Waals surface area contributed by atoms with Crippen LogP contribution in [0.1, 0.15) is 6.42 Å². The van der Waals surface area contributed by atoms with Crippen molar-refractivity contribution >= 4 is 10.8 Å². The van der Waals surface area contributed by atoms with Gasteiger partial charge in [-0.05, 0) is 11.5 Å². The van der Waals surface area contributed by atoms with Crippen molar-refractivity contribution in [2.24, 2.45) is 0 Å². The minimum Gasteiger partial charge on any atom is -0.485 e. The topological polar surface area (TPSA) is 38.7 Å². The van der Waals surface area contributed by atoms with Crippen molar-refractivity contribution < 1.29 is 14.6 Å². The monoisotopic (exact) mass is 244 g/mol. The first-order valence-electron chi connectivity index (χ1n) is 6.25. The van der Waals surface area contributed by atoms with Crippen LogP contribution in [0.4, 0.5) is 0 Å². The maximum atomic E-state index is 9.90. The van der Waals surface area contributed by atoms with Gasteiger partial charge in [0.05, 0.1) is 12.7 Å². The largest absolute Gasteiger partial charge is 0.485 e. The number of aliphatic hydroxyl groups is 1. The highest BCUT2D eigenvalue weighted by atomic mass is 16.5. The molecule has 0 amide bonds. The van der Waals surface area contributed by atoms with Gasteiger partial charge in [0.1, 0.15) is 11.9 Å². The molecule has 3 nitrogen and oxygen atoms in total. The van der Waals surface area contributed by atoms with Gasteiger partial charge < -0.3 is 14.6 Å². The average Bonchev–Trinajstić information content (AvgIpc) is 2.42. The minimum absolute atomic E-state index is 0.274. The number of hydrogen-bond donors (Lipinski definition) is 1. The van der Waals surface area contributed by atoms with Crippen LogP contribution < -0.4 is 4.74 Å². The Hall–Kier alpha value is -1.58. The van der Waals surface area contributed by atoms with E-state index in [2.05, 4.69) is 12.1 Å². The van der Waals surface area contributed by atoms with Gasteiger partial charge in [0.15, 0.2) is 0 Å². The van der Waals surface area contributed by atoms with Crippen molar-refractivity contribution in [3.05, 3.63) is 42.5 Å². The lowest BCUT2D eigenvalue weighted by Crippen LogP contribution is -2.40. The fourth-order valence-corrected chi connectivity index (χ4v) is 2.27. The van der Waals surface area contributed by atoms with Crippen LogP contribution in [-0.2, 0) is 4.74 Å². The van der Waals surface area contributed by atoms with Crippen LogP contribution in [0.25, 0.3) is 10.8 Å². The van der Waals surface area contributed by atoms with Gasteiger partial charge >= 0.3 is 0 Å². The number of aliphatic hydroxyl groups excluding tert-OH is 1. The van der Waals surface area contributed by atoms with E-state index >= 15 is 0 Å². The molecule has 1 aliphatic rings. The fourth-order valence-electron chi connectivity index (χ4n) is 2.27. The van der Waals surface area contributed by atoms with Gasteiger partial charge in [-0.2, -0.15) is 0 Å².